The van der Waals surface area contributed by atoms with Crippen LogP contribution >= 0.6 is 34.8 Å². The van der Waals surface area contributed by atoms with Crippen LogP contribution < -0.4 is 10.7 Å². The summed E-state index contributed by atoms with van der Waals surface area (Å²) >= 11 is 16.8. The van der Waals surface area contributed by atoms with Gasteiger partial charge in [0.1, 0.15) is 10.0 Å². The molecule has 5 heteroatoms. The van der Waals surface area contributed by atoms with Gasteiger partial charge in [-0.1, -0.05) is 23.2 Å². The largest absolute Gasteiger partial charge is 0.396 e. The van der Waals surface area contributed by atoms with E-state index in [2.05, 4.69) is 4.98 Å². The van der Waals surface area contributed by atoms with Gasteiger partial charge in [0, 0.05) is 0 Å². The van der Waals surface area contributed by atoms with Crippen LogP contribution in [0.2, 0.25) is 15.2 Å². The van der Waals surface area contributed by atoms with Crippen molar-refractivity contribution in [3.8, 4) is 0 Å². The highest BCUT2D eigenvalue weighted by atomic mass is 35.5. The standard InChI is InChI=1S/C5H3Cl3N2/c6-2-1-10-5(8)3(7)4(2)9/h1H,(H2,9,10)/p+1. The highest BCUT2D eigenvalue weighted by molar-refractivity contribution is 6.44. The molecule has 54 valence electrons. The van der Waals surface area contributed by atoms with Crippen LogP contribution in [-0.4, -0.2) is 0 Å². The highest BCUT2D eigenvalue weighted by Gasteiger charge is 2.11. The van der Waals surface area contributed by atoms with E-state index in [1.165, 1.54) is 6.20 Å². The van der Waals surface area contributed by atoms with Crippen LogP contribution in [0.15, 0.2) is 6.20 Å². The van der Waals surface area contributed by atoms with Gasteiger partial charge in [0.15, 0.2) is 6.20 Å². The van der Waals surface area contributed by atoms with Crippen molar-refractivity contribution in [2.75, 3.05) is 5.73 Å². The molecule has 0 aliphatic heterocycles. The molecule has 1 rings (SSSR count). The van der Waals surface area contributed by atoms with Gasteiger partial charge in [0.2, 0.25) is 0 Å². The predicted octanol–water partition coefficient (Wildman–Crippen LogP) is 2.04. The minimum atomic E-state index is 0.258. The van der Waals surface area contributed by atoms with Gasteiger partial charge in [-0.2, -0.15) is 4.98 Å². The average Bonchev–Trinajstić information content (AvgIpc) is 1.93. The van der Waals surface area contributed by atoms with Crippen LogP contribution in [0.4, 0.5) is 5.69 Å². The zero-order valence-electron chi connectivity index (χ0n) is 4.79. The molecule has 1 aromatic heterocycles. The number of nitrogens with two attached hydrogens (primary N) is 1. The number of anilines is 1. The van der Waals surface area contributed by atoms with Crippen molar-refractivity contribution in [2.24, 2.45) is 0 Å². The molecule has 2 nitrogen and oxygen atoms in total. The maximum Gasteiger partial charge on any atom is 0.294 e. The van der Waals surface area contributed by atoms with Gasteiger partial charge in [0.05, 0.1) is 5.69 Å². The molecule has 0 atom stereocenters. The van der Waals surface area contributed by atoms with E-state index in [-0.39, 0.29) is 5.02 Å². The summed E-state index contributed by atoms with van der Waals surface area (Å²) in [4.78, 5) is 2.63. The summed E-state index contributed by atoms with van der Waals surface area (Å²) in [5.74, 6) is 0. The third kappa shape index (κ3) is 1.29. The first kappa shape index (κ1) is 7.92. The van der Waals surface area contributed by atoms with Crippen molar-refractivity contribution < 1.29 is 4.98 Å². The number of H-pyrrole nitrogens is 1. The fourth-order valence-electron chi connectivity index (χ4n) is 0.491. The van der Waals surface area contributed by atoms with Crippen LogP contribution in [-0.2, 0) is 0 Å². The minimum Gasteiger partial charge on any atom is -0.396 e. The number of hydrogen-bond acceptors (Lipinski definition) is 1. The van der Waals surface area contributed by atoms with E-state index >= 15 is 0 Å². The van der Waals surface area contributed by atoms with Crippen LogP contribution in [0.3, 0.4) is 0 Å². The van der Waals surface area contributed by atoms with Crippen LogP contribution in [0.1, 0.15) is 0 Å². The molecule has 3 N–H and O–H groups in total. The van der Waals surface area contributed by atoms with E-state index in [1.54, 1.807) is 0 Å². The monoisotopic (exact) mass is 197 g/mol. The van der Waals surface area contributed by atoms with E-state index < -0.39 is 0 Å². The Morgan fingerprint density at radius 1 is 1.30 bits per heavy atom. The maximum atomic E-state index is 5.61. The number of halogens is 3. The summed E-state index contributed by atoms with van der Waals surface area (Å²) in [7, 11) is 0. The molecule has 0 bridgehead atoms. The molecule has 0 saturated heterocycles. The number of rotatable bonds is 0. The molecule has 0 spiro atoms. The number of aromatic nitrogens is 1. The SMILES string of the molecule is Nc1c(Cl)c[nH+]c(Cl)c1Cl. The third-order valence-corrected chi connectivity index (χ3v) is 2.11. The third-order valence-electron chi connectivity index (χ3n) is 1.01. The Balaban J connectivity index is 3.34. The normalized spacial score (nSPS) is 9.90. The summed E-state index contributed by atoms with van der Waals surface area (Å²) in [6, 6.07) is 0. The first-order chi connectivity index (χ1) is 4.63. The molecular weight excluding hydrogens is 194 g/mol. The number of hydrogen-bond donors (Lipinski definition) is 1. The molecule has 0 amide bonds. The Hall–Kier alpha value is -0.180. The number of pyridine rings is 1. The molecule has 0 fully saturated rings. The Labute approximate surface area is 72.9 Å². The first-order valence-corrected chi connectivity index (χ1v) is 3.57. The highest BCUT2D eigenvalue weighted by Crippen LogP contribution is 2.28. The lowest BCUT2D eigenvalue weighted by atomic mass is 10.4. The summed E-state index contributed by atoms with van der Waals surface area (Å²) in [5.41, 5.74) is 5.71. The second-order valence-electron chi connectivity index (χ2n) is 1.68. The predicted molar refractivity (Wildman–Crippen MR) is 42.4 cm³/mol. The summed E-state index contributed by atoms with van der Waals surface area (Å²) in [5, 5.41) is 0.923. The number of nitrogen functional groups attached to an aromatic ring is 1. The lowest BCUT2D eigenvalue weighted by molar-refractivity contribution is -0.374. The van der Waals surface area contributed by atoms with Gasteiger partial charge in [0.25, 0.3) is 5.15 Å². The molecular formula is C5H4Cl3N2+. The molecule has 0 unspecified atom stereocenters. The van der Waals surface area contributed by atoms with E-state index in [9.17, 15) is 0 Å². The van der Waals surface area contributed by atoms with Gasteiger partial charge in [-0.3, -0.25) is 0 Å². The molecule has 1 heterocycles. The van der Waals surface area contributed by atoms with Gasteiger partial charge in [-0.25, -0.2) is 0 Å². The lowest BCUT2D eigenvalue weighted by Crippen LogP contribution is -2.05. The topological polar surface area (TPSA) is 40.2 Å². The molecule has 1 aromatic rings. The summed E-state index contributed by atoms with van der Waals surface area (Å²) in [6.45, 7) is 0. The first-order valence-electron chi connectivity index (χ1n) is 2.43. The van der Waals surface area contributed by atoms with Crippen LogP contribution in [0.5, 0.6) is 0 Å². The van der Waals surface area contributed by atoms with Crippen molar-refractivity contribution in [1.29, 1.82) is 0 Å². The van der Waals surface area contributed by atoms with Gasteiger partial charge >= 0.3 is 0 Å². The fourth-order valence-corrected chi connectivity index (χ4v) is 1.00. The van der Waals surface area contributed by atoms with Crippen molar-refractivity contribution in [2.45, 2.75) is 0 Å². The molecule has 0 aliphatic rings. The number of nitrogens with one attached hydrogen (secondary N) is 1. The number of aromatic amines is 1. The summed E-state index contributed by atoms with van der Waals surface area (Å²) in [6.07, 6.45) is 1.48. The van der Waals surface area contributed by atoms with Crippen molar-refractivity contribution in [3.05, 3.63) is 21.4 Å². The molecule has 0 aliphatic carbocycles. The van der Waals surface area contributed by atoms with E-state index in [1.807, 2.05) is 0 Å². The Bertz CT molecular complexity index is 234. The fraction of sp³-hybridized carbons (Fsp3) is 0. The Kier molecular flexibility index (Phi) is 2.24. The second-order valence-corrected chi connectivity index (χ2v) is 2.84. The van der Waals surface area contributed by atoms with Crippen molar-refractivity contribution in [3.63, 3.8) is 0 Å². The van der Waals surface area contributed by atoms with E-state index in [0.717, 1.165) is 0 Å². The van der Waals surface area contributed by atoms with Crippen LogP contribution in [0, 0.1) is 0 Å². The Morgan fingerprint density at radius 2 is 1.90 bits per heavy atom. The summed E-state index contributed by atoms with van der Waals surface area (Å²) < 4.78 is 0. The Morgan fingerprint density at radius 3 is 2.40 bits per heavy atom. The zero-order chi connectivity index (χ0) is 7.72. The average molecular weight is 198 g/mol. The maximum absolute atomic E-state index is 5.61. The smallest absolute Gasteiger partial charge is 0.294 e. The zero-order valence-corrected chi connectivity index (χ0v) is 7.06. The van der Waals surface area contributed by atoms with Crippen molar-refractivity contribution >= 4 is 40.5 Å². The van der Waals surface area contributed by atoms with Gasteiger partial charge in [-0.15, -0.1) is 0 Å². The quantitative estimate of drug-likeness (QED) is 0.637. The molecule has 0 radical (unpaired) electrons. The van der Waals surface area contributed by atoms with E-state index in [4.69, 9.17) is 40.5 Å². The second kappa shape index (κ2) is 2.82. The van der Waals surface area contributed by atoms with Gasteiger partial charge in [-0.05, 0) is 11.6 Å². The van der Waals surface area contributed by atoms with Crippen molar-refractivity contribution in [1.82, 2.24) is 0 Å². The minimum absolute atomic E-state index is 0.258. The van der Waals surface area contributed by atoms with E-state index in [0.29, 0.717) is 15.9 Å². The van der Waals surface area contributed by atoms with Gasteiger partial charge < -0.3 is 5.73 Å². The lowest BCUT2D eigenvalue weighted by Gasteiger charge is -1.94. The molecule has 10 heavy (non-hydrogen) atoms. The van der Waals surface area contributed by atoms with Crippen LogP contribution in [0.25, 0.3) is 0 Å². The molecule has 0 saturated carbocycles. The molecule has 0 aromatic carbocycles.